The van der Waals surface area contributed by atoms with Crippen LogP contribution in [-0.4, -0.2) is 75.9 Å². The van der Waals surface area contributed by atoms with Crippen molar-refractivity contribution in [2.45, 2.75) is 11.8 Å². The predicted octanol–water partition coefficient (Wildman–Crippen LogP) is 1.41. The monoisotopic (exact) mass is 451 g/mol. The zero-order chi connectivity index (χ0) is 22.4. The van der Waals surface area contributed by atoms with Gasteiger partial charge in [0.05, 0.1) is 43.2 Å². The summed E-state index contributed by atoms with van der Waals surface area (Å²) >= 11 is 0. The Labute approximate surface area is 180 Å². The number of hydrogen-bond donors (Lipinski definition) is 1. The van der Waals surface area contributed by atoms with E-state index in [0.29, 0.717) is 25.6 Å². The van der Waals surface area contributed by atoms with Crippen LogP contribution in [-0.2, 0) is 19.6 Å². The van der Waals surface area contributed by atoms with Gasteiger partial charge in [-0.25, -0.2) is 8.42 Å². The fourth-order valence-electron chi connectivity index (χ4n) is 3.05. The number of anilines is 1. The maximum atomic E-state index is 12.9. The standard InChI is InChI=1S/C20H25N3O7S/c1-3-29-17-7-6-15(31(26,27)23-8-11-28-12-9-23)13-16(17)21-19(24)14-22(2)20(25)18-5-4-10-30-18/h4-7,10,13H,3,8-9,11-12,14H2,1-2H3,(H,21,24). The topological polar surface area (TPSA) is 118 Å². The first kappa shape index (κ1) is 22.8. The molecule has 0 atom stereocenters. The van der Waals surface area contributed by atoms with Gasteiger partial charge >= 0.3 is 0 Å². The Balaban J connectivity index is 1.77. The molecule has 1 saturated heterocycles. The first-order valence-electron chi connectivity index (χ1n) is 9.76. The quantitative estimate of drug-likeness (QED) is 0.645. The fraction of sp³-hybridized carbons (Fsp3) is 0.400. The highest BCUT2D eigenvalue weighted by atomic mass is 32.2. The van der Waals surface area contributed by atoms with Crippen molar-refractivity contribution in [2.75, 3.05) is 51.8 Å². The molecule has 0 aliphatic carbocycles. The van der Waals surface area contributed by atoms with Crippen LogP contribution in [0.1, 0.15) is 17.5 Å². The molecule has 1 aromatic heterocycles. The van der Waals surface area contributed by atoms with E-state index in [4.69, 9.17) is 13.9 Å². The number of rotatable bonds is 8. The van der Waals surface area contributed by atoms with E-state index in [0.717, 1.165) is 0 Å². The van der Waals surface area contributed by atoms with Crippen molar-refractivity contribution in [1.82, 2.24) is 9.21 Å². The number of carbonyl (C=O) groups excluding carboxylic acids is 2. The second-order valence-corrected chi connectivity index (χ2v) is 8.73. The van der Waals surface area contributed by atoms with Gasteiger partial charge in [0, 0.05) is 20.1 Å². The molecule has 1 aromatic carbocycles. The second kappa shape index (κ2) is 9.94. The van der Waals surface area contributed by atoms with Crippen LogP contribution in [0.15, 0.2) is 45.9 Å². The molecule has 2 aromatic rings. The lowest BCUT2D eigenvalue weighted by Crippen LogP contribution is -2.40. The van der Waals surface area contributed by atoms with Gasteiger partial charge in [-0.05, 0) is 37.3 Å². The van der Waals surface area contributed by atoms with Gasteiger partial charge in [-0.15, -0.1) is 0 Å². The number of benzene rings is 1. The summed E-state index contributed by atoms with van der Waals surface area (Å²) in [6.07, 6.45) is 1.37. The molecule has 1 N–H and O–H groups in total. The van der Waals surface area contributed by atoms with Crippen LogP contribution in [0.3, 0.4) is 0 Å². The molecular formula is C20H25N3O7S. The van der Waals surface area contributed by atoms with Crippen molar-refractivity contribution in [3.05, 3.63) is 42.4 Å². The van der Waals surface area contributed by atoms with E-state index >= 15 is 0 Å². The highest BCUT2D eigenvalue weighted by molar-refractivity contribution is 7.89. The highest BCUT2D eigenvalue weighted by Gasteiger charge is 2.27. The normalized spacial score (nSPS) is 14.8. The molecule has 1 fully saturated rings. The number of ether oxygens (including phenoxy) is 2. The number of furan rings is 1. The molecule has 0 bridgehead atoms. The van der Waals surface area contributed by atoms with Gasteiger partial charge in [0.25, 0.3) is 5.91 Å². The second-order valence-electron chi connectivity index (χ2n) is 6.79. The molecule has 31 heavy (non-hydrogen) atoms. The first-order chi connectivity index (χ1) is 14.8. The SMILES string of the molecule is CCOc1ccc(S(=O)(=O)N2CCOCC2)cc1NC(=O)CN(C)C(=O)c1ccco1. The van der Waals surface area contributed by atoms with Crippen LogP contribution in [0.25, 0.3) is 0 Å². The van der Waals surface area contributed by atoms with Gasteiger partial charge < -0.3 is 24.1 Å². The third-order valence-electron chi connectivity index (χ3n) is 4.59. The minimum absolute atomic E-state index is 0.0353. The van der Waals surface area contributed by atoms with Crippen LogP contribution in [0, 0.1) is 0 Å². The van der Waals surface area contributed by atoms with E-state index in [9.17, 15) is 18.0 Å². The number of likely N-dealkylation sites (N-methyl/N-ethyl adjacent to an activating group) is 1. The zero-order valence-corrected chi connectivity index (χ0v) is 18.2. The van der Waals surface area contributed by atoms with Gasteiger partial charge in [0.15, 0.2) is 5.76 Å². The molecule has 0 saturated carbocycles. The Morgan fingerprint density at radius 2 is 1.97 bits per heavy atom. The molecule has 0 radical (unpaired) electrons. The third-order valence-corrected chi connectivity index (χ3v) is 6.49. The molecular weight excluding hydrogens is 426 g/mol. The number of sulfonamides is 1. The Bertz CT molecular complexity index is 1020. The zero-order valence-electron chi connectivity index (χ0n) is 17.4. The highest BCUT2D eigenvalue weighted by Crippen LogP contribution is 2.29. The molecule has 0 unspecified atom stereocenters. The Morgan fingerprint density at radius 1 is 1.23 bits per heavy atom. The average Bonchev–Trinajstić information content (AvgIpc) is 3.30. The largest absolute Gasteiger partial charge is 0.492 e. The Hall–Kier alpha value is -2.89. The summed E-state index contributed by atoms with van der Waals surface area (Å²) in [4.78, 5) is 26.0. The van der Waals surface area contributed by atoms with Crippen LogP contribution in [0.4, 0.5) is 5.69 Å². The Kier molecular flexibility index (Phi) is 7.31. The van der Waals surface area contributed by atoms with Gasteiger partial charge in [0.2, 0.25) is 15.9 Å². The maximum Gasteiger partial charge on any atom is 0.289 e. The van der Waals surface area contributed by atoms with Crippen molar-refractivity contribution in [1.29, 1.82) is 0 Å². The predicted molar refractivity (Wildman–Crippen MR) is 111 cm³/mol. The van der Waals surface area contributed by atoms with Crippen molar-refractivity contribution in [2.24, 2.45) is 0 Å². The van der Waals surface area contributed by atoms with E-state index < -0.39 is 21.8 Å². The van der Waals surface area contributed by atoms with Gasteiger partial charge in [0.1, 0.15) is 5.75 Å². The summed E-state index contributed by atoms with van der Waals surface area (Å²) in [5.41, 5.74) is 0.208. The van der Waals surface area contributed by atoms with Crippen molar-refractivity contribution in [3.63, 3.8) is 0 Å². The van der Waals surface area contributed by atoms with Crippen LogP contribution in [0.2, 0.25) is 0 Å². The number of nitrogens with zero attached hydrogens (tertiary/aromatic N) is 2. The van der Waals surface area contributed by atoms with Crippen LogP contribution in [0.5, 0.6) is 5.75 Å². The molecule has 2 heterocycles. The van der Waals surface area contributed by atoms with E-state index in [2.05, 4.69) is 5.32 Å². The van der Waals surface area contributed by atoms with Crippen molar-refractivity contribution >= 4 is 27.5 Å². The number of carbonyl (C=O) groups is 2. The molecule has 0 spiro atoms. The summed E-state index contributed by atoms with van der Waals surface area (Å²) in [6, 6.07) is 7.39. The van der Waals surface area contributed by atoms with Gasteiger partial charge in [-0.2, -0.15) is 4.31 Å². The lowest BCUT2D eigenvalue weighted by Gasteiger charge is -2.26. The number of amides is 2. The van der Waals surface area contributed by atoms with E-state index in [1.54, 1.807) is 13.0 Å². The number of morpholine rings is 1. The van der Waals surface area contributed by atoms with Crippen molar-refractivity contribution < 1.29 is 31.9 Å². The van der Waals surface area contributed by atoms with E-state index in [-0.39, 0.29) is 36.0 Å². The molecule has 10 nitrogen and oxygen atoms in total. The molecule has 168 valence electrons. The summed E-state index contributed by atoms with van der Waals surface area (Å²) in [6.45, 7) is 3.03. The number of nitrogens with one attached hydrogen (secondary N) is 1. The van der Waals surface area contributed by atoms with Gasteiger partial charge in [-0.3, -0.25) is 9.59 Å². The third kappa shape index (κ3) is 5.43. The summed E-state index contributed by atoms with van der Waals surface area (Å²) in [5.74, 6) is -0.515. The van der Waals surface area contributed by atoms with Crippen LogP contribution < -0.4 is 10.1 Å². The van der Waals surface area contributed by atoms with E-state index in [1.807, 2.05) is 0 Å². The average molecular weight is 452 g/mol. The first-order valence-corrected chi connectivity index (χ1v) is 11.2. The molecule has 1 aliphatic heterocycles. The van der Waals surface area contributed by atoms with Gasteiger partial charge in [-0.1, -0.05) is 0 Å². The molecule has 3 rings (SSSR count). The molecule has 11 heteroatoms. The molecule has 2 amide bonds. The maximum absolute atomic E-state index is 12.9. The minimum Gasteiger partial charge on any atom is -0.492 e. The Morgan fingerprint density at radius 3 is 2.61 bits per heavy atom. The molecule has 1 aliphatic rings. The lowest BCUT2D eigenvalue weighted by atomic mass is 10.3. The summed E-state index contributed by atoms with van der Waals surface area (Å²) in [7, 11) is -2.28. The van der Waals surface area contributed by atoms with Crippen LogP contribution >= 0.6 is 0 Å². The summed E-state index contributed by atoms with van der Waals surface area (Å²) < 4.78 is 43.0. The lowest BCUT2D eigenvalue weighted by molar-refractivity contribution is -0.116. The fourth-order valence-corrected chi connectivity index (χ4v) is 4.48. The minimum atomic E-state index is -3.75. The smallest absolute Gasteiger partial charge is 0.289 e. The summed E-state index contributed by atoms with van der Waals surface area (Å²) in [5, 5.41) is 2.65. The van der Waals surface area contributed by atoms with E-state index in [1.165, 1.54) is 46.8 Å². The van der Waals surface area contributed by atoms with Crippen molar-refractivity contribution in [3.8, 4) is 5.75 Å². The number of hydrogen-bond acceptors (Lipinski definition) is 7.